The number of aliphatic hydroxyl groups is 1. The highest BCUT2D eigenvalue weighted by Crippen LogP contribution is 2.15. The van der Waals surface area contributed by atoms with Gasteiger partial charge in [-0.1, -0.05) is 11.8 Å². The van der Waals surface area contributed by atoms with E-state index in [1.54, 1.807) is 25.5 Å². The zero-order valence-electron chi connectivity index (χ0n) is 10.2. The standard InChI is InChI=1S/C12H14N2O3S/c1-14(2)10(16)8-13-12(17)11-9(4-3-6-15)5-7-18-11/h5,7,15H,6,8H2,1-2H3,(H,13,17). The third kappa shape index (κ3) is 3.87. The predicted molar refractivity (Wildman–Crippen MR) is 69.3 cm³/mol. The van der Waals surface area contributed by atoms with Crippen molar-refractivity contribution < 1.29 is 14.7 Å². The van der Waals surface area contributed by atoms with Crippen LogP contribution in [0, 0.1) is 11.8 Å². The van der Waals surface area contributed by atoms with E-state index in [1.165, 1.54) is 16.2 Å². The van der Waals surface area contributed by atoms with E-state index in [4.69, 9.17) is 5.11 Å². The summed E-state index contributed by atoms with van der Waals surface area (Å²) in [5.41, 5.74) is 0.559. The fraction of sp³-hybridized carbons (Fsp3) is 0.333. The molecular weight excluding hydrogens is 252 g/mol. The molecule has 0 spiro atoms. The molecular formula is C12H14N2O3S. The number of carbonyl (C=O) groups excluding carboxylic acids is 2. The molecule has 0 aliphatic rings. The summed E-state index contributed by atoms with van der Waals surface area (Å²) in [7, 11) is 3.25. The molecule has 1 aromatic heterocycles. The number of amides is 2. The molecule has 0 aliphatic heterocycles. The van der Waals surface area contributed by atoms with Crippen molar-refractivity contribution in [2.75, 3.05) is 27.2 Å². The first-order chi connectivity index (χ1) is 8.56. The summed E-state index contributed by atoms with van der Waals surface area (Å²) >= 11 is 1.25. The minimum atomic E-state index is -0.331. The first kappa shape index (κ1) is 14.2. The van der Waals surface area contributed by atoms with E-state index in [0.717, 1.165) is 0 Å². The molecule has 1 aromatic rings. The number of hydrogen-bond donors (Lipinski definition) is 2. The van der Waals surface area contributed by atoms with Crippen LogP contribution in [0.5, 0.6) is 0 Å². The van der Waals surface area contributed by atoms with Gasteiger partial charge in [0.15, 0.2) is 0 Å². The van der Waals surface area contributed by atoms with Crippen LogP contribution in [0.3, 0.4) is 0 Å². The van der Waals surface area contributed by atoms with Crippen molar-refractivity contribution in [2.45, 2.75) is 0 Å². The van der Waals surface area contributed by atoms with Gasteiger partial charge in [-0.3, -0.25) is 9.59 Å². The first-order valence-electron chi connectivity index (χ1n) is 5.22. The Kier molecular flexibility index (Phi) is 5.36. The number of carbonyl (C=O) groups is 2. The minimum Gasteiger partial charge on any atom is -0.384 e. The molecule has 0 unspecified atom stereocenters. The van der Waals surface area contributed by atoms with Gasteiger partial charge in [0.05, 0.1) is 6.54 Å². The van der Waals surface area contributed by atoms with Crippen molar-refractivity contribution in [1.82, 2.24) is 10.2 Å². The van der Waals surface area contributed by atoms with E-state index in [1.807, 2.05) is 0 Å². The Balaban J connectivity index is 2.68. The highest BCUT2D eigenvalue weighted by molar-refractivity contribution is 7.12. The Hall–Kier alpha value is -1.84. The molecule has 2 amide bonds. The maximum atomic E-state index is 11.8. The maximum absolute atomic E-state index is 11.8. The third-order valence-corrected chi connectivity index (χ3v) is 2.99. The molecule has 0 radical (unpaired) electrons. The molecule has 0 saturated heterocycles. The molecule has 0 saturated carbocycles. The molecule has 0 fully saturated rings. The largest absolute Gasteiger partial charge is 0.384 e. The van der Waals surface area contributed by atoms with Crippen LogP contribution in [-0.2, 0) is 4.79 Å². The van der Waals surface area contributed by atoms with Crippen LogP contribution < -0.4 is 5.32 Å². The molecule has 1 rings (SSSR count). The lowest BCUT2D eigenvalue weighted by Gasteiger charge is -2.10. The fourth-order valence-corrected chi connectivity index (χ4v) is 1.88. The van der Waals surface area contributed by atoms with Gasteiger partial charge in [-0.2, -0.15) is 0 Å². The average molecular weight is 266 g/mol. The summed E-state index contributed by atoms with van der Waals surface area (Å²) in [6.45, 7) is -0.299. The summed E-state index contributed by atoms with van der Waals surface area (Å²) in [5, 5.41) is 12.9. The zero-order valence-corrected chi connectivity index (χ0v) is 11.0. The van der Waals surface area contributed by atoms with Gasteiger partial charge in [0.2, 0.25) is 5.91 Å². The van der Waals surface area contributed by atoms with E-state index >= 15 is 0 Å². The normalized spacial score (nSPS) is 9.28. The average Bonchev–Trinajstić information content (AvgIpc) is 2.81. The van der Waals surface area contributed by atoms with Gasteiger partial charge < -0.3 is 15.3 Å². The lowest BCUT2D eigenvalue weighted by molar-refractivity contribution is -0.127. The Morgan fingerprint density at radius 3 is 2.83 bits per heavy atom. The van der Waals surface area contributed by atoms with Gasteiger partial charge >= 0.3 is 0 Å². The van der Waals surface area contributed by atoms with Crippen molar-refractivity contribution in [3.8, 4) is 11.8 Å². The summed E-state index contributed by atoms with van der Waals surface area (Å²) in [5.74, 6) is 4.67. The monoisotopic (exact) mass is 266 g/mol. The van der Waals surface area contributed by atoms with E-state index < -0.39 is 0 Å². The minimum absolute atomic E-state index is 0.0450. The van der Waals surface area contributed by atoms with Crippen molar-refractivity contribution in [3.63, 3.8) is 0 Å². The second-order valence-corrected chi connectivity index (χ2v) is 4.51. The van der Waals surface area contributed by atoms with Crippen LogP contribution in [-0.4, -0.2) is 49.1 Å². The summed E-state index contributed by atoms with van der Waals surface area (Å²) in [6, 6.07) is 1.70. The van der Waals surface area contributed by atoms with Gasteiger partial charge in [0.1, 0.15) is 11.5 Å². The number of rotatable bonds is 3. The number of aliphatic hydroxyl groups excluding tert-OH is 1. The predicted octanol–water partition coefficient (Wildman–Crippen LogP) is -0.0901. The topological polar surface area (TPSA) is 69.6 Å². The number of nitrogens with one attached hydrogen (secondary N) is 1. The molecule has 0 aliphatic carbocycles. The summed E-state index contributed by atoms with van der Waals surface area (Å²) in [4.78, 5) is 25.0. The van der Waals surface area contributed by atoms with Crippen LogP contribution in [0.4, 0.5) is 0 Å². The van der Waals surface area contributed by atoms with Gasteiger partial charge in [-0.15, -0.1) is 11.3 Å². The molecule has 5 nitrogen and oxygen atoms in total. The molecule has 1 heterocycles. The third-order valence-electron chi connectivity index (χ3n) is 2.07. The Morgan fingerprint density at radius 2 is 2.22 bits per heavy atom. The molecule has 18 heavy (non-hydrogen) atoms. The van der Waals surface area contributed by atoms with Crippen LogP contribution in [0.15, 0.2) is 11.4 Å². The lowest BCUT2D eigenvalue weighted by atomic mass is 10.2. The number of nitrogens with zero attached hydrogens (tertiary/aromatic N) is 1. The highest BCUT2D eigenvalue weighted by Gasteiger charge is 2.13. The summed E-state index contributed by atoms with van der Waals surface area (Å²) < 4.78 is 0. The van der Waals surface area contributed by atoms with E-state index in [0.29, 0.717) is 10.4 Å². The van der Waals surface area contributed by atoms with E-state index in [9.17, 15) is 9.59 Å². The van der Waals surface area contributed by atoms with E-state index in [2.05, 4.69) is 17.2 Å². The maximum Gasteiger partial charge on any atom is 0.263 e. The Bertz CT molecular complexity index is 497. The Morgan fingerprint density at radius 1 is 1.50 bits per heavy atom. The van der Waals surface area contributed by atoms with Gasteiger partial charge in [-0.05, 0) is 11.4 Å². The van der Waals surface area contributed by atoms with Crippen LogP contribution in [0.25, 0.3) is 0 Å². The summed E-state index contributed by atoms with van der Waals surface area (Å²) in [6.07, 6.45) is 0. The van der Waals surface area contributed by atoms with Crippen molar-refractivity contribution in [3.05, 3.63) is 21.9 Å². The lowest BCUT2D eigenvalue weighted by Crippen LogP contribution is -2.36. The number of hydrogen-bond acceptors (Lipinski definition) is 4. The van der Waals surface area contributed by atoms with Gasteiger partial charge in [0, 0.05) is 19.7 Å². The smallest absolute Gasteiger partial charge is 0.263 e. The second-order valence-electron chi connectivity index (χ2n) is 3.59. The van der Waals surface area contributed by atoms with Crippen molar-refractivity contribution >= 4 is 23.2 Å². The fourth-order valence-electron chi connectivity index (χ4n) is 1.11. The van der Waals surface area contributed by atoms with Crippen molar-refractivity contribution in [2.24, 2.45) is 0 Å². The van der Waals surface area contributed by atoms with Crippen LogP contribution >= 0.6 is 11.3 Å². The van der Waals surface area contributed by atoms with E-state index in [-0.39, 0.29) is 25.0 Å². The molecule has 96 valence electrons. The van der Waals surface area contributed by atoms with Crippen LogP contribution in [0.1, 0.15) is 15.2 Å². The molecule has 0 aromatic carbocycles. The van der Waals surface area contributed by atoms with Crippen LogP contribution in [0.2, 0.25) is 0 Å². The molecule has 6 heteroatoms. The second kappa shape index (κ2) is 6.79. The number of likely N-dealkylation sites (N-methyl/N-ethyl adjacent to an activating group) is 1. The van der Waals surface area contributed by atoms with Crippen molar-refractivity contribution in [1.29, 1.82) is 0 Å². The highest BCUT2D eigenvalue weighted by atomic mass is 32.1. The SMILES string of the molecule is CN(C)C(=O)CNC(=O)c1sccc1C#CCO. The molecule has 0 bridgehead atoms. The molecule has 0 atom stereocenters. The number of thiophene rings is 1. The quantitative estimate of drug-likeness (QED) is 0.751. The van der Waals surface area contributed by atoms with Gasteiger partial charge in [-0.25, -0.2) is 0 Å². The first-order valence-corrected chi connectivity index (χ1v) is 6.09. The molecule has 2 N–H and O–H groups in total. The zero-order chi connectivity index (χ0) is 13.5. The van der Waals surface area contributed by atoms with Gasteiger partial charge in [0.25, 0.3) is 5.91 Å². The Labute approximate surface area is 109 Å².